The molecule has 1 aliphatic heterocycles. The summed E-state index contributed by atoms with van der Waals surface area (Å²) in [4.78, 5) is 3.10. The van der Waals surface area contributed by atoms with Crippen molar-refractivity contribution in [3.63, 3.8) is 0 Å². The summed E-state index contributed by atoms with van der Waals surface area (Å²) < 4.78 is 0. The van der Waals surface area contributed by atoms with Crippen LogP contribution in [0.25, 0.3) is 0 Å². The minimum absolute atomic E-state index is 0.481. The van der Waals surface area contributed by atoms with E-state index in [2.05, 4.69) is 37.8 Å². The number of hydrogen-bond donors (Lipinski definition) is 1. The normalized spacial score (nSPS) is 24.4. The predicted octanol–water partition coefficient (Wildman–Crippen LogP) is 3.39. The van der Waals surface area contributed by atoms with Gasteiger partial charge in [0.05, 0.1) is 0 Å². The molecule has 104 valence electrons. The molecule has 1 fully saturated rings. The average molecular weight is 276 g/mol. The molecule has 1 aromatic rings. The molecule has 0 saturated carbocycles. The SMILES string of the molecule is Cc1cc(C(N)=S)ccc1CN1C(C)CCCC1C. The van der Waals surface area contributed by atoms with Gasteiger partial charge in [0.2, 0.25) is 0 Å². The molecule has 19 heavy (non-hydrogen) atoms. The number of aryl methyl sites for hydroxylation is 1. The third kappa shape index (κ3) is 3.34. The molecule has 2 N–H and O–H groups in total. The minimum Gasteiger partial charge on any atom is -0.389 e. The highest BCUT2D eigenvalue weighted by Crippen LogP contribution is 2.25. The summed E-state index contributed by atoms with van der Waals surface area (Å²) >= 11 is 5.03. The summed E-state index contributed by atoms with van der Waals surface area (Å²) in [5.74, 6) is 0. The van der Waals surface area contributed by atoms with Gasteiger partial charge in [0.1, 0.15) is 4.99 Å². The van der Waals surface area contributed by atoms with Crippen LogP contribution in [-0.2, 0) is 6.54 Å². The summed E-state index contributed by atoms with van der Waals surface area (Å²) in [6, 6.07) is 7.69. The summed E-state index contributed by atoms with van der Waals surface area (Å²) in [6.07, 6.45) is 3.99. The van der Waals surface area contributed by atoms with Crippen LogP contribution in [0.4, 0.5) is 0 Å². The molecular formula is C16H24N2S. The highest BCUT2D eigenvalue weighted by atomic mass is 32.1. The highest BCUT2D eigenvalue weighted by molar-refractivity contribution is 7.80. The third-order valence-corrected chi connectivity index (χ3v) is 4.59. The van der Waals surface area contributed by atoms with Crippen LogP contribution >= 0.6 is 12.2 Å². The predicted molar refractivity (Wildman–Crippen MR) is 85.4 cm³/mol. The van der Waals surface area contributed by atoms with Gasteiger partial charge in [-0.2, -0.15) is 0 Å². The lowest BCUT2D eigenvalue weighted by Crippen LogP contribution is -2.43. The number of thiocarbonyl (C=S) groups is 1. The van der Waals surface area contributed by atoms with Gasteiger partial charge in [0, 0.05) is 24.2 Å². The van der Waals surface area contributed by atoms with Crippen LogP contribution in [0.1, 0.15) is 49.8 Å². The van der Waals surface area contributed by atoms with E-state index in [1.807, 2.05) is 6.07 Å². The van der Waals surface area contributed by atoms with E-state index >= 15 is 0 Å². The van der Waals surface area contributed by atoms with Crippen molar-refractivity contribution in [2.45, 2.75) is 58.7 Å². The Balaban J connectivity index is 2.16. The molecule has 1 saturated heterocycles. The number of hydrogen-bond acceptors (Lipinski definition) is 2. The molecule has 2 unspecified atom stereocenters. The molecule has 0 aromatic heterocycles. The lowest BCUT2D eigenvalue weighted by molar-refractivity contribution is 0.0951. The van der Waals surface area contributed by atoms with Crippen LogP contribution < -0.4 is 5.73 Å². The second-order valence-corrected chi connectivity index (χ2v) is 6.25. The lowest BCUT2D eigenvalue weighted by Gasteiger charge is -2.39. The van der Waals surface area contributed by atoms with Crippen molar-refractivity contribution in [2.24, 2.45) is 5.73 Å². The highest BCUT2D eigenvalue weighted by Gasteiger charge is 2.24. The largest absolute Gasteiger partial charge is 0.389 e. The molecule has 1 aliphatic rings. The number of likely N-dealkylation sites (tertiary alicyclic amines) is 1. The van der Waals surface area contributed by atoms with Crippen molar-refractivity contribution in [2.75, 3.05) is 0 Å². The molecule has 2 nitrogen and oxygen atoms in total. The Labute approximate surface area is 122 Å². The Bertz CT molecular complexity index is 460. The fourth-order valence-corrected chi connectivity index (χ4v) is 3.14. The zero-order valence-electron chi connectivity index (χ0n) is 12.1. The van der Waals surface area contributed by atoms with Gasteiger partial charge in [0.15, 0.2) is 0 Å². The van der Waals surface area contributed by atoms with E-state index in [1.165, 1.54) is 30.4 Å². The molecule has 2 rings (SSSR count). The van der Waals surface area contributed by atoms with E-state index in [0.717, 1.165) is 12.1 Å². The Morgan fingerprint density at radius 3 is 2.47 bits per heavy atom. The van der Waals surface area contributed by atoms with Crippen molar-refractivity contribution in [1.82, 2.24) is 4.90 Å². The molecule has 0 aliphatic carbocycles. The van der Waals surface area contributed by atoms with E-state index in [0.29, 0.717) is 17.1 Å². The van der Waals surface area contributed by atoms with E-state index in [-0.39, 0.29) is 0 Å². The van der Waals surface area contributed by atoms with Crippen LogP contribution in [0, 0.1) is 6.92 Å². The topological polar surface area (TPSA) is 29.3 Å². The summed E-state index contributed by atoms with van der Waals surface area (Å²) in [5.41, 5.74) is 9.33. The van der Waals surface area contributed by atoms with Gasteiger partial charge in [0.25, 0.3) is 0 Å². The van der Waals surface area contributed by atoms with Crippen LogP contribution in [-0.4, -0.2) is 22.0 Å². The molecule has 1 heterocycles. The second-order valence-electron chi connectivity index (χ2n) is 5.81. The summed E-state index contributed by atoms with van der Waals surface area (Å²) in [5, 5.41) is 0. The maximum Gasteiger partial charge on any atom is 0.103 e. The van der Waals surface area contributed by atoms with Crippen LogP contribution in [0.5, 0.6) is 0 Å². The van der Waals surface area contributed by atoms with Crippen LogP contribution in [0.15, 0.2) is 18.2 Å². The van der Waals surface area contributed by atoms with Gasteiger partial charge in [-0.25, -0.2) is 0 Å². The number of piperidine rings is 1. The first-order valence-corrected chi connectivity index (χ1v) is 7.55. The molecule has 3 heteroatoms. The number of rotatable bonds is 3. The first-order chi connectivity index (χ1) is 8.99. The van der Waals surface area contributed by atoms with Crippen LogP contribution in [0.3, 0.4) is 0 Å². The fraction of sp³-hybridized carbons (Fsp3) is 0.562. The zero-order chi connectivity index (χ0) is 14.0. The molecule has 0 spiro atoms. The van der Waals surface area contributed by atoms with E-state index in [9.17, 15) is 0 Å². The summed E-state index contributed by atoms with van der Waals surface area (Å²) in [7, 11) is 0. The summed E-state index contributed by atoms with van der Waals surface area (Å²) in [6.45, 7) is 7.87. The number of nitrogens with two attached hydrogens (primary N) is 1. The Morgan fingerprint density at radius 2 is 1.95 bits per heavy atom. The van der Waals surface area contributed by atoms with E-state index in [1.54, 1.807) is 0 Å². The second kappa shape index (κ2) is 6.02. The fourth-order valence-electron chi connectivity index (χ4n) is 3.01. The van der Waals surface area contributed by atoms with Crippen molar-refractivity contribution in [3.05, 3.63) is 34.9 Å². The maximum atomic E-state index is 5.68. The van der Waals surface area contributed by atoms with Crippen molar-refractivity contribution < 1.29 is 0 Å². The van der Waals surface area contributed by atoms with E-state index in [4.69, 9.17) is 18.0 Å². The molecule has 2 atom stereocenters. The maximum absolute atomic E-state index is 5.68. The molecule has 0 bridgehead atoms. The van der Waals surface area contributed by atoms with Crippen LogP contribution in [0.2, 0.25) is 0 Å². The van der Waals surface area contributed by atoms with Gasteiger partial charge in [-0.15, -0.1) is 0 Å². The average Bonchev–Trinajstić information content (AvgIpc) is 2.35. The lowest BCUT2D eigenvalue weighted by atomic mass is 9.95. The third-order valence-electron chi connectivity index (χ3n) is 4.36. The standard InChI is InChI=1S/C16H24N2S/c1-11-9-14(16(17)19)7-8-15(11)10-18-12(2)5-4-6-13(18)3/h7-9,12-13H,4-6,10H2,1-3H3,(H2,17,19). The van der Waals surface area contributed by atoms with Gasteiger partial charge < -0.3 is 5.73 Å². The smallest absolute Gasteiger partial charge is 0.103 e. The minimum atomic E-state index is 0.481. The Morgan fingerprint density at radius 1 is 1.32 bits per heavy atom. The Hall–Kier alpha value is -0.930. The van der Waals surface area contributed by atoms with Gasteiger partial charge in [-0.1, -0.05) is 30.8 Å². The number of benzene rings is 1. The molecule has 0 amide bonds. The molecular weight excluding hydrogens is 252 g/mol. The van der Waals surface area contributed by atoms with Gasteiger partial charge >= 0.3 is 0 Å². The molecule has 1 aromatic carbocycles. The Kier molecular flexibility index (Phi) is 4.58. The number of nitrogens with zero attached hydrogens (tertiary/aromatic N) is 1. The van der Waals surface area contributed by atoms with Gasteiger partial charge in [-0.05, 0) is 50.8 Å². The zero-order valence-corrected chi connectivity index (χ0v) is 13.0. The van der Waals surface area contributed by atoms with Crippen molar-refractivity contribution in [3.8, 4) is 0 Å². The van der Waals surface area contributed by atoms with Crippen molar-refractivity contribution >= 4 is 17.2 Å². The quantitative estimate of drug-likeness (QED) is 0.858. The monoisotopic (exact) mass is 276 g/mol. The molecule has 0 radical (unpaired) electrons. The van der Waals surface area contributed by atoms with Crippen molar-refractivity contribution in [1.29, 1.82) is 0 Å². The first kappa shape index (κ1) is 14.5. The van der Waals surface area contributed by atoms with Gasteiger partial charge in [-0.3, -0.25) is 4.90 Å². The first-order valence-electron chi connectivity index (χ1n) is 7.14. The van der Waals surface area contributed by atoms with E-state index < -0.39 is 0 Å².